The minimum absolute atomic E-state index is 0.112. The Hall–Kier alpha value is -2.43. The van der Waals surface area contributed by atoms with Crippen LogP contribution in [0.15, 0.2) is 6.07 Å². The molecule has 0 atom stereocenters. The molecular weight excluding hydrogens is 440 g/mol. The number of primary amides is 1. The summed E-state index contributed by atoms with van der Waals surface area (Å²) < 4.78 is 0. The molecule has 0 radical (unpaired) electrons. The Bertz CT molecular complexity index is 1010. The zero-order valence-corrected chi connectivity index (χ0v) is 20.0. The molecule has 10 heteroatoms. The highest BCUT2D eigenvalue weighted by Gasteiger charge is 2.25. The third-order valence-corrected chi connectivity index (χ3v) is 7.80. The second-order valence-electron chi connectivity index (χ2n) is 9.03. The topological polar surface area (TPSA) is 138 Å². The monoisotopic (exact) mass is 474 g/mol. The number of aliphatic hydroxyl groups is 1. The Kier molecular flexibility index (Phi) is 7.35. The second kappa shape index (κ2) is 10.2. The highest BCUT2D eigenvalue weighted by molar-refractivity contribution is 7.21. The van der Waals surface area contributed by atoms with Crippen molar-refractivity contribution in [3.63, 3.8) is 0 Å². The van der Waals surface area contributed by atoms with Gasteiger partial charge in [-0.05, 0) is 43.7 Å². The number of thiophene rings is 1. The molecule has 33 heavy (non-hydrogen) atoms. The number of nitrogens with two attached hydrogens (primary N) is 2. The fraction of sp³-hybridized carbons (Fsp3) is 0.609. The van der Waals surface area contributed by atoms with Gasteiger partial charge in [-0.25, -0.2) is 4.98 Å². The average Bonchev–Trinajstić information content (AvgIpc) is 3.15. The Balaban J connectivity index is 1.38. The summed E-state index contributed by atoms with van der Waals surface area (Å²) in [5.41, 5.74) is 13.3. The highest BCUT2D eigenvalue weighted by atomic mass is 32.1. The number of anilines is 2. The molecule has 2 aromatic heterocycles. The molecule has 0 saturated carbocycles. The maximum absolute atomic E-state index is 12.5. The Labute approximate surface area is 198 Å². The molecule has 0 aliphatic carbocycles. The molecule has 2 fully saturated rings. The van der Waals surface area contributed by atoms with Crippen LogP contribution in [0.1, 0.15) is 54.3 Å². The zero-order valence-electron chi connectivity index (χ0n) is 19.2. The van der Waals surface area contributed by atoms with Gasteiger partial charge in [-0.15, -0.1) is 11.3 Å². The molecule has 2 amide bonds. The number of aliphatic hydroxyl groups excluding tert-OH is 1. The van der Waals surface area contributed by atoms with E-state index in [1.165, 1.54) is 11.3 Å². The van der Waals surface area contributed by atoms with Gasteiger partial charge in [0.25, 0.3) is 5.91 Å². The first-order chi connectivity index (χ1) is 15.9. The first-order valence-electron chi connectivity index (χ1n) is 11.8. The van der Waals surface area contributed by atoms with Crippen LogP contribution in [0.4, 0.5) is 11.5 Å². The van der Waals surface area contributed by atoms with Crippen LogP contribution in [0.5, 0.6) is 0 Å². The van der Waals surface area contributed by atoms with Crippen LogP contribution in [-0.2, 0) is 11.2 Å². The molecule has 4 heterocycles. The summed E-state index contributed by atoms with van der Waals surface area (Å²) in [6.07, 6.45) is 4.73. The minimum Gasteiger partial charge on any atom is -0.397 e. The van der Waals surface area contributed by atoms with E-state index in [1.54, 1.807) is 0 Å². The van der Waals surface area contributed by atoms with Crippen LogP contribution in [0, 0.1) is 0 Å². The second-order valence-corrected chi connectivity index (χ2v) is 10.0. The molecule has 180 valence electrons. The largest absolute Gasteiger partial charge is 0.397 e. The molecule has 0 bridgehead atoms. The molecule has 4 rings (SSSR count). The van der Waals surface area contributed by atoms with E-state index in [4.69, 9.17) is 16.5 Å². The van der Waals surface area contributed by atoms with Gasteiger partial charge in [-0.1, -0.05) is 13.3 Å². The van der Waals surface area contributed by atoms with Gasteiger partial charge in [0.1, 0.15) is 15.5 Å². The average molecular weight is 475 g/mol. The fourth-order valence-corrected chi connectivity index (χ4v) is 5.76. The van der Waals surface area contributed by atoms with E-state index in [2.05, 4.69) is 23.2 Å². The van der Waals surface area contributed by atoms with Crippen LogP contribution in [0.2, 0.25) is 0 Å². The molecule has 0 unspecified atom stereocenters. The number of aromatic nitrogens is 1. The Morgan fingerprint density at radius 2 is 1.91 bits per heavy atom. The van der Waals surface area contributed by atoms with E-state index in [0.29, 0.717) is 49.1 Å². The van der Waals surface area contributed by atoms with Gasteiger partial charge in [0.15, 0.2) is 0 Å². The van der Waals surface area contributed by atoms with E-state index in [-0.39, 0.29) is 12.0 Å². The SMILES string of the molecule is CCCc1cc(N2CCC(NCC(=O)N3CCC(O)CC3)CC2)nc2sc(C(N)=O)c(N)c12. The number of piperidine rings is 2. The van der Waals surface area contributed by atoms with Crippen LogP contribution in [0.25, 0.3) is 10.2 Å². The lowest BCUT2D eigenvalue weighted by Gasteiger charge is -2.34. The van der Waals surface area contributed by atoms with Gasteiger partial charge >= 0.3 is 0 Å². The van der Waals surface area contributed by atoms with E-state index < -0.39 is 5.91 Å². The molecule has 6 N–H and O–H groups in total. The van der Waals surface area contributed by atoms with Crippen molar-refractivity contribution >= 4 is 44.9 Å². The fourth-order valence-electron chi connectivity index (χ4n) is 4.77. The lowest BCUT2D eigenvalue weighted by molar-refractivity contribution is -0.132. The van der Waals surface area contributed by atoms with Crippen LogP contribution in [-0.4, -0.2) is 71.7 Å². The lowest BCUT2D eigenvalue weighted by Crippen LogP contribution is -2.48. The molecule has 2 aliphatic rings. The zero-order chi connectivity index (χ0) is 23.5. The van der Waals surface area contributed by atoms with Crippen molar-refractivity contribution in [2.24, 2.45) is 5.73 Å². The van der Waals surface area contributed by atoms with Crippen molar-refractivity contribution in [2.45, 2.75) is 57.6 Å². The van der Waals surface area contributed by atoms with Crippen molar-refractivity contribution < 1.29 is 14.7 Å². The van der Waals surface area contributed by atoms with Crippen LogP contribution < -0.4 is 21.7 Å². The number of hydrogen-bond donors (Lipinski definition) is 4. The third-order valence-electron chi connectivity index (χ3n) is 6.69. The van der Waals surface area contributed by atoms with Gasteiger partial charge in [0.2, 0.25) is 5.91 Å². The van der Waals surface area contributed by atoms with Crippen molar-refractivity contribution in [1.29, 1.82) is 0 Å². The maximum atomic E-state index is 12.5. The number of likely N-dealkylation sites (tertiary alicyclic amines) is 1. The van der Waals surface area contributed by atoms with Crippen molar-refractivity contribution in [1.82, 2.24) is 15.2 Å². The molecular formula is C23H34N6O3S. The number of nitrogen functional groups attached to an aromatic ring is 1. The lowest BCUT2D eigenvalue weighted by atomic mass is 10.0. The number of nitrogens with one attached hydrogen (secondary N) is 1. The summed E-state index contributed by atoms with van der Waals surface area (Å²) in [5, 5.41) is 13.9. The van der Waals surface area contributed by atoms with Crippen molar-refractivity contribution in [3.8, 4) is 0 Å². The van der Waals surface area contributed by atoms with Gasteiger partial charge in [0, 0.05) is 37.6 Å². The Morgan fingerprint density at radius 3 is 2.55 bits per heavy atom. The van der Waals surface area contributed by atoms with E-state index in [0.717, 1.165) is 60.4 Å². The van der Waals surface area contributed by atoms with Crippen molar-refractivity contribution in [2.75, 3.05) is 43.4 Å². The molecule has 0 spiro atoms. The molecule has 0 aromatic carbocycles. The van der Waals surface area contributed by atoms with Gasteiger partial charge in [0.05, 0.1) is 18.3 Å². The number of rotatable bonds is 7. The van der Waals surface area contributed by atoms with E-state index in [9.17, 15) is 14.7 Å². The number of nitrogens with zero attached hydrogens (tertiary/aromatic N) is 3. The summed E-state index contributed by atoms with van der Waals surface area (Å²) in [5.74, 6) is 0.507. The van der Waals surface area contributed by atoms with E-state index in [1.807, 2.05) is 4.90 Å². The number of aryl methyl sites for hydroxylation is 1. The molecule has 2 saturated heterocycles. The quantitative estimate of drug-likeness (QED) is 0.477. The third kappa shape index (κ3) is 5.23. The Morgan fingerprint density at radius 1 is 1.21 bits per heavy atom. The summed E-state index contributed by atoms with van der Waals surface area (Å²) in [6.45, 7) is 5.42. The van der Waals surface area contributed by atoms with E-state index >= 15 is 0 Å². The predicted molar refractivity (Wildman–Crippen MR) is 132 cm³/mol. The summed E-state index contributed by atoms with van der Waals surface area (Å²) in [7, 11) is 0. The number of fused-ring (bicyclic) bond motifs is 1. The molecule has 9 nitrogen and oxygen atoms in total. The van der Waals surface area contributed by atoms with Crippen LogP contribution in [0.3, 0.4) is 0 Å². The first kappa shape index (κ1) is 23.7. The predicted octanol–water partition coefficient (Wildman–Crippen LogP) is 1.47. The number of amides is 2. The normalized spacial score (nSPS) is 18.2. The number of carbonyl (C=O) groups is 2. The smallest absolute Gasteiger partial charge is 0.260 e. The highest BCUT2D eigenvalue weighted by Crippen LogP contribution is 2.37. The molecule has 2 aromatic rings. The minimum atomic E-state index is -0.512. The molecule has 2 aliphatic heterocycles. The first-order valence-corrected chi connectivity index (χ1v) is 12.6. The van der Waals surface area contributed by atoms with Crippen molar-refractivity contribution in [3.05, 3.63) is 16.5 Å². The van der Waals surface area contributed by atoms with Gasteiger partial charge in [-0.3, -0.25) is 9.59 Å². The number of pyridine rings is 1. The number of carbonyl (C=O) groups excluding carboxylic acids is 2. The van der Waals surface area contributed by atoms with Crippen LogP contribution >= 0.6 is 11.3 Å². The van der Waals surface area contributed by atoms with Gasteiger partial charge in [-0.2, -0.15) is 0 Å². The van der Waals surface area contributed by atoms with Gasteiger partial charge < -0.3 is 31.7 Å². The summed E-state index contributed by atoms with van der Waals surface area (Å²) in [4.78, 5) is 34.3. The number of hydrogen-bond acceptors (Lipinski definition) is 8. The standard InChI is InChI=1S/C23H34N6O3S/c1-2-3-14-12-17(27-23-19(14)20(24)21(33-23)22(25)32)28-8-4-15(5-9-28)26-13-18(31)29-10-6-16(30)7-11-29/h12,15-16,26,30H,2-11,13,24H2,1H3,(H2,25,32). The summed E-state index contributed by atoms with van der Waals surface area (Å²) in [6, 6.07) is 2.39. The maximum Gasteiger partial charge on any atom is 0.260 e. The summed E-state index contributed by atoms with van der Waals surface area (Å²) >= 11 is 1.27.